The van der Waals surface area contributed by atoms with Gasteiger partial charge in [0.2, 0.25) is 5.91 Å². The fourth-order valence-electron chi connectivity index (χ4n) is 4.72. The van der Waals surface area contributed by atoms with E-state index >= 15 is 0 Å². The van der Waals surface area contributed by atoms with Crippen LogP contribution in [0.25, 0.3) is 5.82 Å². The zero-order valence-corrected chi connectivity index (χ0v) is 17.7. The molecule has 0 aromatic carbocycles. The zero-order chi connectivity index (χ0) is 22.3. The molecule has 12 heteroatoms. The predicted molar refractivity (Wildman–Crippen MR) is 108 cm³/mol. The van der Waals surface area contributed by atoms with Gasteiger partial charge in [0.05, 0.1) is 28.5 Å². The molecule has 2 fully saturated rings. The first-order valence-electron chi connectivity index (χ1n) is 10.6. The molecule has 3 aliphatic heterocycles. The van der Waals surface area contributed by atoms with Crippen molar-refractivity contribution in [3.8, 4) is 5.82 Å². The van der Waals surface area contributed by atoms with E-state index in [-0.39, 0.29) is 18.5 Å². The van der Waals surface area contributed by atoms with Gasteiger partial charge in [-0.05, 0) is 48.9 Å². The van der Waals surface area contributed by atoms with Crippen LogP contribution in [0.5, 0.6) is 0 Å². The minimum Gasteiger partial charge on any atom is -0.456 e. The first kappa shape index (κ1) is 20.6. The molecule has 5 heterocycles. The maximum atomic E-state index is 13.3. The van der Waals surface area contributed by atoms with Gasteiger partial charge in [-0.25, -0.2) is 4.79 Å². The fourth-order valence-corrected chi connectivity index (χ4v) is 4.72. The topological polar surface area (TPSA) is 139 Å². The summed E-state index contributed by atoms with van der Waals surface area (Å²) in [6.07, 6.45) is 2.52. The molecule has 32 heavy (non-hydrogen) atoms. The van der Waals surface area contributed by atoms with Crippen LogP contribution in [0.3, 0.4) is 0 Å². The van der Waals surface area contributed by atoms with Crippen LogP contribution < -0.4 is 0 Å². The number of amides is 1. The lowest BCUT2D eigenvalue weighted by Crippen LogP contribution is -2.54. The van der Waals surface area contributed by atoms with Crippen molar-refractivity contribution in [2.45, 2.75) is 32.3 Å². The molecule has 3 aliphatic rings. The molecule has 0 aliphatic carbocycles. The molecule has 5 rings (SSSR count). The zero-order valence-electron chi connectivity index (χ0n) is 17.7. The quantitative estimate of drug-likeness (QED) is 0.582. The van der Waals surface area contributed by atoms with E-state index in [0.717, 1.165) is 5.69 Å². The van der Waals surface area contributed by atoms with Crippen LogP contribution in [0.4, 0.5) is 0 Å². The second kappa shape index (κ2) is 8.02. The van der Waals surface area contributed by atoms with E-state index < -0.39 is 11.5 Å². The minimum atomic E-state index is -0.789. The van der Waals surface area contributed by atoms with Gasteiger partial charge in [0.25, 0.3) is 0 Å². The molecule has 0 bridgehead atoms. The van der Waals surface area contributed by atoms with E-state index in [9.17, 15) is 14.7 Å². The lowest BCUT2D eigenvalue weighted by atomic mass is 9.74. The second-order valence-corrected chi connectivity index (χ2v) is 8.46. The van der Waals surface area contributed by atoms with Gasteiger partial charge in [-0.15, -0.1) is 10.2 Å². The molecular weight excluding hydrogens is 416 g/mol. The number of carbonyl (C=O) groups is 2. The smallest absolute Gasteiger partial charge is 0.336 e. The number of likely N-dealkylation sites (tertiary alicyclic amines) is 2. The Morgan fingerprint density at radius 1 is 1.22 bits per heavy atom. The van der Waals surface area contributed by atoms with Gasteiger partial charge in [0.15, 0.2) is 5.82 Å². The molecule has 0 saturated carbocycles. The Morgan fingerprint density at radius 2 is 2.06 bits per heavy atom. The number of tetrazole rings is 1. The Bertz CT molecular complexity index is 1050. The van der Waals surface area contributed by atoms with Gasteiger partial charge >= 0.3 is 5.97 Å². The van der Waals surface area contributed by atoms with Crippen molar-refractivity contribution < 1.29 is 19.4 Å². The van der Waals surface area contributed by atoms with Crippen LogP contribution in [0.2, 0.25) is 0 Å². The third-order valence-electron chi connectivity index (χ3n) is 6.77. The largest absolute Gasteiger partial charge is 0.456 e. The number of piperidine rings is 1. The van der Waals surface area contributed by atoms with Crippen molar-refractivity contribution in [1.82, 2.24) is 40.2 Å². The summed E-state index contributed by atoms with van der Waals surface area (Å²) in [4.78, 5) is 28.7. The summed E-state index contributed by atoms with van der Waals surface area (Å²) in [7, 11) is 0. The molecule has 2 aromatic rings. The fraction of sp³-hybridized carbons (Fsp3) is 0.550. The van der Waals surface area contributed by atoms with Crippen molar-refractivity contribution in [2.24, 2.45) is 5.41 Å². The molecule has 1 amide bonds. The van der Waals surface area contributed by atoms with Crippen molar-refractivity contribution >= 4 is 11.9 Å². The Morgan fingerprint density at radius 3 is 2.72 bits per heavy atom. The Labute approximate surface area is 183 Å². The van der Waals surface area contributed by atoms with Crippen LogP contribution in [-0.2, 0) is 20.7 Å². The highest BCUT2D eigenvalue weighted by molar-refractivity contribution is 5.94. The van der Waals surface area contributed by atoms with Crippen molar-refractivity contribution in [1.29, 1.82) is 0 Å². The lowest BCUT2D eigenvalue weighted by Gasteiger charge is -2.42. The molecule has 1 N–H and O–H groups in total. The SMILES string of the molecule is CC1=C(N2CCC3(CCN(CCc4ccc(-n5cnnn5)nn4)CC3O)C2=O)COC1=O. The monoisotopic (exact) mass is 440 g/mol. The van der Waals surface area contributed by atoms with E-state index in [2.05, 4.69) is 30.6 Å². The van der Waals surface area contributed by atoms with Crippen LogP contribution in [0.15, 0.2) is 29.7 Å². The molecule has 1 spiro atoms. The first-order valence-corrected chi connectivity index (χ1v) is 10.6. The van der Waals surface area contributed by atoms with Crippen molar-refractivity contribution in [2.75, 3.05) is 32.8 Å². The van der Waals surface area contributed by atoms with Gasteiger partial charge in [0, 0.05) is 26.1 Å². The summed E-state index contributed by atoms with van der Waals surface area (Å²) in [5.74, 6) is 0.0673. The molecule has 2 saturated heterocycles. The van der Waals surface area contributed by atoms with Crippen LogP contribution in [-0.4, -0.2) is 96.1 Å². The number of cyclic esters (lactones) is 1. The molecular formula is C20H24N8O4. The first-order chi connectivity index (χ1) is 15.5. The van der Waals surface area contributed by atoms with Gasteiger partial charge in [-0.1, -0.05) is 0 Å². The average molecular weight is 440 g/mol. The number of aliphatic hydroxyl groups excluding tert-OH is 1. The van der Waals surface area contributed by atoms with E-state index in [1.54, 1.807) is 17.9 Å². The third-order valence-corrected chi connectivity index (χ3v) is 6.77. The standard InChI is InChI=1S/C20H24N8O4/c1-13-15(11-32-18(13)30)27-9-6-20(19(27)31)5-8-26(10-16(20)29)7-4-14-2-3-17(23-22-14)28-12-21-24-25-28/h2-3,12,16,29H,4-11H2,1H3. The van der Waals surface area contributed by atoms with Gasteiger partial charge in [-0.2, -0.15) is 9.78 Å². The Kier molecular flexibility index (Phi) is 5.18. The van der Waals surface area contributed by atoms with Crippen LogP contribution >= 0.6 is 0 Å². The number of hydrogen-bond acceptors (Lipinski definition) is 10. The van der Waals surface area contributed by atoms with E-state index in [1.165, 1.54) is 11.0 Å². The number of rotatable bonds is 5. The summed E-state index contributed by atoms with van der Waals surface area (Å²) in [5, 5.41) is 30.3. The number of esters is 1. The molecule has 168 valence electrons. The van der Waals surface area contributed by atoms with Crippen LogP contribution in [0, 0.1) is 5.41 Å². The summed E-state index contributed by atoms with van der Waals surface area (Å²) >= 11 is 0. The number of aromatic nitrogens is 6. The highest BCUT2D eigenvalue weighted by atomic mass is 16.5. The Hall–Kier alpha value is -3.25. The number of carbonyl (C=O) groups excluding carboxylic acids is 2. The maximum Gasteiger partial charge on any atom is 0.336 e. The average Bonchev–Trinajstić information content (AvgIpc) is 3.52. The maximum absolute atomic E-state index is 13.3. The molecule has 2 atom stereocenters. The Balaban J connectivity index is 1.19. The van der Waals surface area contributed by atoms with E-state index in [4.69, 9.17) is 4.74 Å². The number of ether oxygens (including phenoxy) is 1. The normalized spacial score (nSPS) is 26.4. The summed E-state index contributed by atoms with van der Waals surface area (Å²) in [6, 6.07) is 3.68. The minimum absolute atomic E-state index is 0.0960. The van der Waals surface area contributed by atoms with E-state index in [1.807, 2.05) is 6.07 Å². The van der Waals surface area contributed by atoms with Gasteiger partial charge in [0.1, 0.15) is 12.9 Å². The van der Waals surface area contributed by atoms with Crippen molar-refractivity contribution in [3.63, 3.8) is 0 Å². The highest BCUT2D eigenvalue weighted by Gasteiger charge is 2.54. The predicted octanol–water partition coefficient (Wildman–Crippen LogP) is -0.889. The van der Waals surface area contributed by atoms with Crippen LogP contribution in [0.1, 0.15) is 25.5 Å². The van der Waals surface area contributed by atoms with Crippen molar-refractivity contribution in [3.05, 3.63) is 35.4 Å². The molecule has 2 aromatic heterocycles. The highest BCUT2D eigenvalue weighted by Crippen LogP contribution is 2.43. The second-order valence-electron chi connectivity index (χ2n) is 8.46. The molecule has 0 radical (unpaired) electrons. The lowest BCUT2D eigenvalue weighted by molar-refractivity contribution is -0.146. The summed E-state index contributed by atoms with van der Waals surface area (Å²) in [6.45, 7) is 4.14. The number of aliphatic hydroxyl groups is 1. The molecule has 12 nitrogen and oxygen atoms in total. The number of β-amino-alcohol motifs (C(OH)–C–C–N with tert-alkyl or cyclic N) is 1. The van der Waals surface area contributed by atoms with Gasteiger partial charge in [-0.3, -0.25) is 4.79 Å². The number of hydrogen-bond donors (Lipinski definition) is 1. The summed E-state index contributed by atoms with van der Waals surface area (Å²) in [5.41, 5.74) is 1.15. The third kappa shape index (κ3) is 3.45. The molecule has 2 unspecified atom stereocenters. The number of nitrogens with zero attached hydrogens (tertiary/aromatic N) is 8. The van der Waals surface area contributed by atoms with E-state index in [0.29, 0.717) is 62.5 Å². The summed E-state index contributed by atoms with van der Waals surface area (Å²) < 4.78 is 6.50. The van der Waals surface area contributed by atoms with Gasteiger partial charge < -0.3 is 19.6 Å².